The van der Waals surface area contributed by atoms with Gasteiger partial charge in [-0.15, -0.1) is 13.2 Å². The third-order valence-electron chi connectivity index (χ3n) is 8.48. The topological polar surface area (TPSA) is 9.23 Å². The highest BCUT2D eigenvalue weighted by molar-refractivity contribution is 5.29. The van der Waals surface area contributed by atoms with Crippen LogP contribution in [0.3, 0.4) is 0 Å². The van der Waals surface area contributed by atoms with E-state index in [1.165, 1.54) is 94.7 Å². The molecule has 0 saturated heterocycles. The van der Waals surface area contributed by atoms with Gasteiger partial charge in [0.2, 0.25) is 0 Å². The predicted octanol–water partition coefficient (Wildman–Crippen LogP) is 8.49. The van der Waals surface area contributed by atoms with E-state index in [1.54, 1.807) is 0 Å². The van der Waals surface area contributed by atoms with Crippen LogP contribution in [0, 0.1) is 29.6 Å². The summed E-state index contributed by atoms with van der Waals surface area (Å²) in [6.07, 6.45) is 11.8. The number of ether oxygens (including phenoxy) is 1. The van der Waals surface area contributed by atoms with Crippen molar-refractivity contribution in [2.24, 2.45) is 29.6 Å². The lowest BCUT2D eigenvalue weighted by Gasteiger charge is -2.45. The molecule has 4 atom stereocenters. The first-order chi connectivity index (χ1) is 14.4. The molecule has 0 heterocycles. The molecule has 3 aliphatic rings. The number of hydrogen-bond donors (Lipinski definition) is 0. The Morgan fingerprint density at radius 1 is 0.767 bits per heavy atom. The summed E-state index contributed by atoms with van der Waals surface area (Å²) in [4.78, 5) is 0. The molecule has 0 bridgehead atoms. The molecule has 0 radical (unpaired) electrons. The van der Waals surface area contributed by atoms with E-state index in [9.17, 15) is 13.2 Å². The first-order valence-electron chi connectivity index (χ1n) is 12.3. The molecule has 1 aromatic rings. The molecule has 0 aromatic heterocycles. The monoisotopic (exact) mass is 422 g/mol. The summed E-state index contributed by atoms with van der Waals surface area (Å²) in [5, 5.41) is 0. The fourth-order valence-corrected chi connectivity index (χ4v) is 6.99. The van der Waals surface area contributed by atoms with Crippen molar-refractivity contribution < 1.29 is 17.9 Å². The van der Waals surface area contributed by atoms with Gasteiger partial charge in [0.15, 0.2) is 0 Å². The third kappa shape index (κ3) is 5.53. The molecule has 0 aliphatic heterocycles. The molecule has 30 heavy (non-hydrogen) atoms. The Hall–Kier alpha value is -1.19. The maximum Gasteiger partial charge on any atom is 0.573 e. The van der Waals surface area contributed by atoms with Crippen molar-refractivity contribution in [3.63, 3.8) is 0 Å². The van der Waals surface area contributed by atoms with Crippen LogP contribution in [-0.2, 0) is 0 Å². The average Bonchev–Trinajstić information content (AvgIpc) is 2.73. The zero-order valence-corrected chi connectivity index (χ0v) is 18.3. The molecule has 168 valence electrons. The second kappa shape index (κ2) is 9.53. The van der Waals surface area contributed by atoms with Gasteiger partial charge in [-0.1, -0.05) is 38.3 Å². The van der Waals surface area contributed by atoms with E-state index in [2.05, 4.69) is 11.7 Å². The molecular formula is C26H37F3O. The highest BCUT2D eigenvalue weighted by Gasteiger charge is 2.38. The van der Waals surface area contributed by atoms with Gasteiger partial charge in [0, 0.05) is 0 Å². The molecule has 1 aromatic carbocycles. The molecule has 4 unspecified atom stereocenters. The van der Waals surface area contributed by atoms with Crippen LogP contribution in [0.5, 0.6) is 5.75 Å². The number of hydrogen-bond acceptors (Lipinski definition) is 1. The highest BCUT2D eigenvalue weighted by atomic mass is 19.4. The maximum atomic E-state index is 12.4. The van der Waals surface area contributed by atoms with Crippen LogP contribution >= 0.6 is 0 Å². The molecular weight excluding hydrogens is 385 g/mol. The SMILES string of the molecule is CCCC1CCC2CC(C3CCC(c4ccc(OC(F)(F)F)cc4)CC3)CCC2C1. The number of alkyl halides is 3. The normalized spacial score (nSPS) is 34.9. The van der Waals surface area contributed by atoms with Crippen molar-refractivity contribution in [1.29, 1.82) is 0 Å². The quantitative estimate of drug-likeness (QED) is 0.462. The van der Waals surface area contributed by atoms with Gasteiger partial charge < -0.3 is 4.74 Å². The first kappa shape index (κ1) is 22.0. The summed E-state index contributed by atoms with van der Waals surface area (Å²) >= 11 is 0. The van der Waals surface area contributed by atoms with Crippen LogP contribution < -0.4 is 4.74 Å². The summed E-state index contributed by atoms with van der Waals surface area (Å²) in [6.45, 7) is 2.32. The Kier molecular flexibility index (Phi) is 6.99. The minimum atomic E-state index is -4.62. The minimum Gasteiger partial charge on any atom is -0.406 e. The van der Waals surface area contributed by atoms with Gasteiger partial charge in [-0.25, -0.2) is 0 Å². The van der Waals surface area contributed by atoms with E-state index in [0.29, 0.717) is 5.92 Å². The van der Waals surface area contributed by atoms with Crippen molar-refractivity contribution in [3.8, 4) is 5.75 Å². The van der Waals surface area contributed by atoms with E-state index < -0.39 is 6.36 Å². The van der Waals surface area contributed by atoms with Crippen molar-refractivity contribution >= 4 is 0 Å². The summed E-state index contributed by atoms with van der Waals surface area (Å²) < 4.78 is 41.1. The van der Waals surface area contributed by atoms with E-state index in [1.807, 2.05) is 12.1 Å². The lowest BCUT2D eigenvalue weighted by atomic mass is 9.60. The Labute approximate surface area is 179 Å². The van der Waals surface area contributed by atoms with Gasteiger partial charge in [-0.3, -0.25) is 0 Å². The fraction of sp³-hybridized carbons (Fsp3) is 0.769. The predicted molar refractivity (Wildman–Crippen MR) is 114 cm³/mol. The number of fused-ring (bicyclic) bond motifs is 1. The maximum absolute atomic E-state index is 12.4. The Morgan fingerprint density at radius 3 is 1.97 bits per heavy atom. The molecule has 3 fully saturated rings. The number of rotatable bonds is 5. The molecule has 0 amide bonds. The second-order valence-electron chi connectivity index (χ2n) is 10.3. The second-order valence-corrected chi connectivity index (χ2v) is 10.3. The first-order valence-corrected chi connectivity index (χ1v) is 12.3. The molecule has 3 saturated carbocycles. The molecule has 0 spiro atoms. The lowest BCUT2D eigenvalue weighted by molar-refractivity contribution is -0.274. The average molecular weight is 423 g/mol. The lowest BCUT2D eigenvalue weighted by Crippen LogP contribution is -2.34. The van der Waals surface area contributed by atoms with Crippen LogP contribution in [0.4, 0.5) is 13.2 Å². The Morgan fingerprint density at radius 2 is 1.33 bits per heavy atom. The third-order valence-corrected chi connectivity index (χ3v) is 8.48. The summed E-state index contributed by atoms with van der Waals surface area (Å²) in [6, 6.07) is 6.58. The highest BCUT2D eigenvalue weighted by Crippen LogP contribution is 2.50. The number of halogens is 3. The molecule has 4 heteroatoms. The van der Waals surface area contributed by atoms with Gasteiger partial charge in [0.05, 0.1) is 0 Å². The van der Waals surface area contributed by atoms with Crippen LogP contribution in [0.1, 0.15) is 95.5 Å². The van der Waals surface area contributed by atoms with Crippen LogP contribution in [0.2, 0.25) is 0 Å². The Bertz CT molecular complexity index is 660. The van der Waals surface area contributed by atoms with E-state index >= 15 is 0 Å². The fourth-order valence-electron chi connectivity index (χ4n) is 6.99. The summed E-state index contributed by atoms with van der Waals surface area (Å²) in [5.41, 5.74) is 1.17. The van der Waals surface area contributed by atoms with Crippen molar-refractivity contribution in [2.75, 3.05) is 0 Å². The van der Waals surface area contributed by atoms with Crippen molar-refractivity contribution in [3.05, 3.63) is 29.8 Å². The molecule has 3 aliphatic carbocycles. The summed E-state index contributed by atoms with van der Waals surface area (Å²) in [5.74, 6) is 5.13. The van der Waals surface area contributed by atoms with Crippen molar-refractivity contribution in [1.82, 2.24) is 0 Å². The van der Waals surface area contributed by atoms with Gasteiger partial charge in [-0.05, 0) is 111 Å². The zero-order chi connectivity index (χ0) is 21.1. The molecule has 1 nitrogen and oxygen atoms in total. The van der Waals surface area contributed by atoms with Crippen molar-refractivity contribution in [2.45, 2.75) is 96.3 Å². The van der Waals surface area contributed by atoms with Gasteiger partial charge >= 0.3 is 6.36 Å². The van der Waals surface area contributed by atoms with Crippen LogP contribution in [0.15, 0.2) is 24.3 Å². The number of benzene rings is 1. The van der Waals surface area contributed by atoms with Gasteiger partial charge in [-0.2, -0.15) is 0 Å². The molecule has 0 N–H and O–H groups in total. The van der Waals surface area contributed by atoms with E-state index in [0.717, 1.165) is 29.6 Å². The zero-order valence-electron chi connectivity index (χ0n) is 18.3. The van der Waals surface area contributed by atoms with E-state index in [4.69, 9.17) is 0 Å². The standard InChI is InChI=1S/C26H37F3O/c1-2-3-18-4-5-24-17-23(11-10-22(24)16-18)21-8-6-19(7-9-21)20-12-14-25(15-13-20)30-26(27,28)29/h12-15,18-19,21-24H,2-11,16-17H2,1H3. The smallest absolute Gasteiger partial charge is 0.406 e. The molecule has 4 rings (SSSR count). The Balaban J connectivity index is 1.25. The van der Waals surface area contributed by atoms with Crippen LogP contribution in [-0.4, -0.2) is 6.36 Å². The summed E-state index contributed by atoms with van der Waals surface area (Å²) in [7, 11) is 0. The van der Waals surface area contributed by atoms with Crippen LogP contribution in [0.25, 0.3) is 0 Å². The van der Waals surface area contributed by atoms with Gasteiger partial charge in [0.25, 0.3) is 0 Å². The minimum absolute atomic E-state index is 0.120. The van der Waals surface area contributed by atoms with E-state index in [-0.39, 0.29) is 5.75 Å². The largest absolute Gasteiger partial charge is 0.573 e. The van der Waals surface area contributed by atoms with Gasteiger partial charge in [0.1, 0.15) is 5.75 Å².